The minimum atomic E-state index is -1.78. The Morgan fingerprint density at radius 1 is 1.46 bits per heavy atom. The van der Waals surface area contributed by atoms with Gasteiger partial charge in [0.2, 0.25) is 11.5 Å². The van der Waals surface area contributed by atoms with E-state index in [1.165, 1.54) is 20.2 Å². The van der Waals surface area contributed by atoms with E-state index in [-0.39, 0.29) is 11.4 Å². The summed E-state index contributed by atoms with van der Waals surface area (Å²) < 4.78 is 0. The molecule has 7 nitrogen and oxygen atoms in total. The SMILES string of the molecule is CNC(=O)C(C)(O)C#Cc1ccc2c(c1)N(c1nc(N)ncc1Cl)CC2(C)C. The molecule has 0 radical (unpaired) electrons. The Kier molecular flexibility index (Phi) is 4.96. The Bertz CT molecular complexity index is 1010. The van der Waals surface area contributed by atoms with Crippen LogP contribution in [-0.4, -0.2) is 40.2 Å². The van der Waals surface area contributed by atoms with E-state index >= 15 is 0 Å². The van der Waals surface area contributed by atoms with Crippen LogP contribution in [0, 0.1) is 11.8 Å². The van der Waals surface area contributed by atoms with Crippen LogP contribution in [0.3, 0.4) is 0 Å². The van der Waals surface area contributed by atoms with E-state index in [9.17, 15) is 9.90 Å². The van der Waals surface area contributed by atoms with Gasteiger partial charge in [-0.05, 0) is 24.6 Å². The van der Waals surface area contributed by atoms with Gasteiger partial charge in [0.1, 0.15) is 5.02 Å². The van der Waals surface area contributed by atoms with Crippen LogP contribution >= 0.6 is 11.6 Å². The zero-order valence-electron chi connectivity index (χ0n) is 16.2. The minimum absolute atomic E-state index is 0.141. The number of halogens is 1. The van der Waals surface area contributed by atoms with E-state index in [0.29, 0.717) is 22.9 Å². The van der Waals surface area contributed by atoms with Crippen molar-refractivity contribution in [1.29, 1.82) is 0 Å². The summed E-state index contributed by atoms with van der Waals surface area (Å²) in [6.45, 7) is 6.27. The maximum atomic E-state index is 11.7. The van der Waals surface area contributed by atoms with E-state index < -0.39 is 11.5 Å². The summed E-state index contributed by atoms with van der Waals surface area (Å²) in [5, 5.41) is 13.0. The van der Waals surface area contributed by atoms with Crippen LogP contribution in [0.15, 0.2) is 24.4 Å². The Labute approximate surface area is 168 Å². The molecule has 0 bridgehead atoms. The number of aliphatic hydroxyl groups is 1. The van der Waals surface area contributed by atoms with Crippen LogP contribution in [0.2, 0.25) is 5.02 Å². The third-order valence-corrected chi connectivity index (χ3v) is 4.96. The third kappa shape index (κ3) is 3.61. The molecule has 0 spiro atoms. The Morgan fingerprint density at radius 3 is 2.86 bits per heavy atom. The Morgan fingerprint density at radius 2 is 2.18 bits per heavy atom. The topological polar surface area (TPSA) is 104 Å². The summed E-state index contributed by atoms with van der Waals surface area (Å²) in [6, 6.07) is 5.75. The van der Waals surface area contributed by atoms with Gasteiger partial charge in [-0.25, -0.2) is 4.98 Å². The molecule has 8 heteroatoms. The fraction of sp³-hybridized carbons (Fsp3) is 0.350. The lowest BCUT2D eigenvalue weighted by molar-refractivity contribution is -0.132. The van der Waals surface area contributed by atoms with Crippen LogP contribution in [0.1, 0.15) is 31.9 Å². The number of rotatable bonds is 2. The van der Waals surface area contributed by atoms with Gasteiger partial charge in [0.25, 0.3) is 5.91 Å². The number of nitrogens with one attached hydrogen (secondary N) is 1. The van der Waals surface area contributed by atoms with Crippen molar-refractivity contribution < 1.29 is 9.90 Å². The van der Waals surface area contributed by atoms with Crippen molar-refractivity contribution in [2.75, 3.05) is 24.2 Å². The molecule has 0 aliphatic carbocycles. The highest BCUT2D eigenvalue weighted by atomic mass is 35.5. The lowest BCUT2D eigenvalue weighted by atomic mass is 9.86. The Hall–Kier alpha value is -2.82. The number of nitrogen functional groups attached to an aromatic ring is 1. The van der Waals surface area contributed by atoms with Crippen LogP contribution in [0.4, 0.5) is 17.5 Å². The van der Waals surface area contributed by atoms with Gasteiger partial charge >= 0.3 is 0 Å². The minimum Gasteiger partial charge on any atom is -0.370 e. The summed E-state index contributed by atoms with van der Waals surface area (Å²) in [5.41, 5.74) is 6.50. The van der Waals surface area contributed by atoms with Crippen molar-refractivity contribution in [3.05, 3.63) is 40.5 Å². The van der Waals surface area contributed by atoms with Gasteiger partial charge in [-0.1, -0.05) is 43.4 Å². The second kappa shape index (κ2) is 6.97. The van der Waals surface area contributed by atoms with Gasteiger partial charge < -0.3 is 21.1 Å². The summed E-state index contributed by atoms with van der Waals surface area (Å²) >= 11 is 6.32. The van der Waals surface area contributed by atoms with Gasteiger partial charge in [-0.15, -0.1) is 0 Å². The number of aromatic nitrogens is 2. The molecule has 1 aromatic carbocycles. The Balaban J connectivity index is 2.06. The smallest absolute Gasteiger partial charge is 0.264 e. The number of amides is 1. The largest absolute Gasteiger partial charge is 0.370 e. The highest BCUT2D eigenvalue weighted by Crippen LogP contribution is 2.45. The maximum absolute atomic E-state index is 11.7. The van der Waals surface area contributed by atoms with Gasteiger partial charge in [0.05, 0.1) is 6.20 Å². The van der Waals surface area contributed by atoms with Crippen LogP contribution < -0.4 is 16.0 Å². The number of nitrogens with zero attached hydrogens (tertiary/aromatic N) is 3. The first kappa shape index (κ1) is 19.9. The molecule has 0 saturated heterocycles. The van der Waals surface area contributed by atoms with Crippen molar-refractivity contribution >= 4 is 35.0 Å². The van der Waals surface area contributed by atoms with Crippen LogP contribution in [0.5, 0.6) is 0 Å². The molecule has 28 heavy (non-hydrogen) atoms. The molecule has 1 aromatic heterocycles. The predicted octanol–water partition coefficient (Wildman–Crippen LogP) is 1.99. The second-order valence-corrected chi connectivity index (χ2v) is 7.91. The zero-order chi connectivity index (χ0) is 20.7. The van der Waals surface area contributed by atoms with E-state index in [4.69, 9.17) is 17.3 Å². The fourth-order valence-electron chi connectivity index (χ4n) is 3.21. The normalized spacial score (nSPS) is 16.6. The van der Waals surface area contributed by atoms with Crippen molar-refractivity contribution in [3.63, 3.8) is 0 Å². The molecular weight excluding hydrogens is 378 g/mol. The first-order chi connectivity index (χ1) is 13.0. The number of anilines is 3. The van der Waals surface area contributed by atoms with Crippen molar-refractivity contribution in [3.8, 4) is 11.8 Å². The van der Waals surface area contributed by atoms with E-state index in [2.05, 4.69) is 41.0 Å². The zero-order valence-corrected chi connectivity index (χ0v) is 16.9. The van der Waals surface area contributed by atoms with Gasteiger partial charge in [0.15, 0.2) is 5.82 Å². The number of nitrogens with two attached hydrogens (primary N) is 1. The summed E-state index contributed by atoms with van der Waals surface area (Å²) in [5.74, 6) is 5.60. The molecule has 1 atom stereocenters. The van der Waals surface area contributed by atoms with E-state index in [0.717, 1.165) is 11.3 Å². The molecule has 2 heterocycles. The molecule has 1 aliphatic rings. The highest BCUT2D eigenvalue weighted by molar-refractivity contribution is 6.33. The van der Waals surface area contributed by atoms with Gasteiger partial charge in [-0.3, -0.25) is 4.79 Å². The number of likely N-dealkylation sites (N-methyl/N-ethyl adjacent to an activating group) is 1. The second-order valence-electron chi connectivity index (χ2n) is 7.50. The molecule has 146 valence electrons. The average Bonchev–Trinajstić information content (AvgIpc) is 2.92. The maximum Gasteiger partial charge on any atom is 0.264 e. The number of carbonyl (C=O) groups excluding carboxylic acids is 1. The molecule has 1 unspecified atom stereocenters. The monoisotopic (exact) mass is 399 g/mol. The quantitative estimate of drug-likeness (QED) is 0.667. The highest BCUT2D eigenvalue weighted by Gasteiger charge is 2.37. The number of fused-ring (bicyclic) bond motifs is 1. The van der Waals surface area contributed by atoms with E-state index in [1.54, 1.807) is 0 Å². The summed E-state index contributed by atoms with van der Waals surface area (Å²) in [4.78, 5) is 21.9. The molecule has 1 aliphatic heterocycles. The molecule has 0 saturated carbocycles. The number of hydrogen-bond acceptors (Lipinski definition) is 6. The predicted molar refractivity (Wildman–Crippen MR) is 109 cm³/mol. The lowest BCUT2D eigenvalue weighted by Gasteiger charge is -2.22. The lowest BCUT2D eigenvalue weighted by Crippen LogP contribution is -2.41. The fourth-order valence-corrected chi connectivity index (χ4v) is 3.41. The van der Waals surface area contributed by atoms with Gasteiger partial charge in [-0.2, -0.15) is 4.98 Å². The first-order valence-electron chi connectivity index (χ1n) is 8.73. The standard InChI is InChI=1S/C20H22ClN5O2/c1-19(2)11-26(16-14(21)10-24-18(22)25-16)15-9-12(5-6-13(15)19)7-8-20(3,28)17(27)23-4/h5-6,9-10,28H,11H2,1-4H3,(H,23,27)(H2,22,24,25). The van der Waals surface area contributed by atoms with Crippen LogP contribution in [-0.2, 0) is 10.2 Å². The van der Waals surface area contributed by atoms with E-state index in [1.807, 2.05) is 23.1 Å². The summed E-state index contributed by atoms with van der Waals surface area (Å²) in [6.07, 6.45) is 1.48. The molecule has 0 fully saturated rings. The average molecular weight is 400 g/mol. The van der Waals surface area contributed by atoms with Crippen LogP contribution in [0.25, 0.3) is 0 Å². The van der Waals surface area contributed by atoms with Crippen molar-refractivity contribution in [1.82, 2.24) is 15.3 Å². The molecular formula is C20H22ClN5O2. The van der Waals surface area contributed by atoms with Gasteiger partial charge in [0, 0.05) is 30.3 Å². The first-order valence-corrected chi connectivity index (χ1v) is 9.11. The third-order valence-electron chi connectivity index (χ3n) is 4.69. The number of carbonyl (C=O) groups is 1. The summed E-state index contributed by atoms with van der Waals surface area (Å²) in [7, 11) is 1.45. The van der Waals surface area contributed by atoms with Crippen molar-refractivity contribution in [2.45, 2.75) is 31.8 Å². The molecule has 3 rings (SSSR count). The number of benzene rings is 1. The van der Waals surface area contributed by atoms with Crippen molar-refractivity contribution in [2.24, 2.45) is 0 Å². The number of hydrogen-bond donors (Lipinski definition) is 3. The molecule has 2 aromatic rings. The molecule has 1 amide bonds. The molecule has 4 N–H and O–H groups in total.